The maximum atomic E-state index is 13.2. The van der Waals surface area contributed by atoms with Crippen LogP contribution in [-0.4, -0.2) is 44.0 Å². The first-order valence-corrected chi connectivity index (χ1v) is 5.03. The Balaban J connectivity index is 4.09. The lowest BCUT2D eigenvalue weighted by Crippen LogP contribution is -2.45. The van der Waals surface area contributed by atoms with E-state index in [1.54, 1.807) is 19.0 Å². The number of halogens is 2. The van der Waals surface area contributed by atoms with Gasteiger partial charge in [0.2, 0.25) is 0 Å². The molecule has 2 nitrogen and oxygen atoms in total. The van der Waals surface area contributed by atoms with E-state index in [0.717, 1.165) is 0 Å². The Morgan fingerprint density at radius 1 is 1.29 bits per heavy atom. The van der Waals surface area contributed by atoms with Crippen LogP contribution >= 0.6 is 0 Å². The minimum absolute atomic E-state index is 0.178. The van der Waals surface area contributed by atoms with Crippen molar-refractivity contribution in [3.63, 3.8) is 0 Å². The van der Waals surface area contributed by atoms with E-state index in [-0.39, 0.29) is 19.1 Å². The maximum Gasteiger partial charge on any atom is 0.272 e. The van der Waals surface area contributed by atoms with Crippen LogP contribution in [-0.2, 0) is 0 Å². The SMILES string of the molecule is CNCC(F)(F)CN(C)C(C)C(C)C. The molecule has 0 aliphatic rings. The highest BCUT2D eigenvalue weighted by Gasteiger charge is 2.31. The number of hydrogen-bond donors (Lipinski definition) is 1. The lowest BCUT2D eigenvalue weighted by atomic mass is 10.0. The first-order chi connectivity index (χ1) is 6.30. The second-order valence-corrected chi connectivity index (χ2v) is 4.29. The summed E-state index contributed by atoms with van der Waals surface area (Å²) in [6, 6.07) is 0.178. The summed E-state index contributed by atoms with van der Waals surface area (Å²) in [5, 5.41) is 2.50. The predicted molar refractivity (Wildman–Crippen MR) is 55.8 cm³/mol. The van der Waals surface area contributed by atoms with Gasteiger partial charge in [0.1, 0.15) is 0 Å². The van der Waals surface area contributed by atoms with E-state index in [1.165, 1.54) is 0 Å². The topological polar surface area (TPSA) is 15.3 Å². The lowest BCUT2D eigenvalue weighted by molar-refractivity contribution is -0.0346. The average molecular weight is 208 g/mol. The number of alkyl halides is 2. The molecular weight excluding hydrogens is 186 g/mol. The summed E-state index contributed by atoms with van der Waals surface area (Å²) in [6.45, 7) is 5.60. The molecule has 0 heterocycles. The van der Waals surface area contributed by atoms with Crippen LogP contribution in [0.1, 0.15) is 20.8 Å². The highest BCUT2D eigenvalue weighted by Crippen LogP contribution is 2.17. The van der Waals surface area contributed by atoms with Crippen molar-refractivity contribution in [3.8, 4) is 0 Å². The van der Waals surface area contributed by atoms with Crippen LogP contribution in [0.3, 0.4) is 0 Å². The zero-order valence-corrected chi connectivity index (χ0v) is 9.77. The predicted octanol–water partition coefficient (Wildman–Crippen LogP) is 1.82. The van der Waals surface area contributed by atoms with Crippen LogP contribution in [0.4, 0.5) is 8.78 Å². The number of nitrogens with one attached hydrogen (secondary N) is 1. The Labute approximate surface area is 85.7 Å². The van der Waals surface area contributed by atoms with Crippen LogP contribution in [0, 0.1) is 5.92 Å². The molecule has 1 unspecified atom stereocenters. The average Bonchev–Trinajstić information content (AvgIpc) is 2.01. The van der Waals surface area contributed by atoms with Crippen molar-refractivity contribution in [1.29, 1.82) is 0 Å². The Kier molecular flexibility index (Phi) is 5.52. The van der Waals surface area contributed by atoms with Crippen LogP contribution in [0.2, 0.25) is 0 Å². The van der Waals surface area contributed by atoms with E-state index < -0.39 is 5.92 Å². The number of hydrogen-bond acceptors (Lipinski definition) is 2. The molecule has 1 N–H and O–H groups in total. The molecule has 0 fully saturated rings. The third kappa shape index (κ3) is 4.86. The first kappa shape index (κ1) is 13.8. The van der Waals surface area contributed by atoms with Gasteiger partial charge in [-0.2, -0.15) is 0 Å². The molecule has 86 valence electrons. The molecule has 0 aromatic carbocycles. The monoisotopic (exact) mass is 208 g/mol. The molecule has 0 aliphatic carbocycles. The van der Waals surface area contributed by atoms with E-state index in [0.29, 0.717) is 5.92 Å². The molecule has 0 aromatic rings. The van der Waals surface area contributed by atoms with E-state index in [1.807, 2.05) is 20.8 Å². The van der Waals surface area contributed by atoms with Gasteiger partial charge in [0.05, 0.1) is 13.1 Å². The summed E-state index contributed by atoms with van der Waals surface area (Å²) in [7, 11) is 3.29. The van der Waals surface area contributed by atoms with Crippen molar-refractivity contribution >= 4 is 0 Å². The summed E-state index contributed by atoms with van der Waals surface area (Å²) in [6.07, 6.45) is 0. The molecule has 0 bridgehead atoms. The van der Waals surface area contributed by atoms with Gasteiger partial charge in [-0.25, -0.2) is 8.78 Å². The largest absolute Gasteiger partial charge is 0.314 e. The Morgan fingerprint density at radius 2 is 1.79 bits per heavy atom. The molecule has 14 heavy (non-hydrogen) atoms. The molecule has 4 heteroatoms. The maximum absolute atomic E-state index is 13.2. The Hall–Kier alpha value is -0.220. The third-order valence-corrected chi connectivity index (χ3v) is 2.58. The normalized spacial score (nSPS) is 15.2. The summed E-state index contributed by atoms with van der Waals surface area (Å²) in [5.41, 5.74) is 0. The van der Waals surface area contributed by atoms with Crippen LogP contribution < -0.4 is 5.32 Å². The molecule has 0 saturated carbocycles. The fraction of sp³-hybridized carbons (Fsp3) is 1.00. The summed E-state index contributed by atoms with van der Waals surface area (Å²) < 4.78 is 26.4. The molecular formula is C10H22F2N2. The van der Waals surface area contributed by atoms with Gasteiger partial charge >= 0.3 is 0 Å². The second kappa shape index (κ2) is 5.61. The van der Waals surface area contributed by atoms with Gasteiger partial charge in [-0.15, -0.1) is 0 Å². The van der Waals surface area contributed by atoms with E-state index in [2.05, 4.69) is 5.32 Å². The number of rotatable bonds is 6. The van der Waals surface area contributed by atoms with Crippen molar-refractivity contribution in [2.75, 3.05) is 27.2 Å². The molecule has 0 aromatic heterocycles. The van der Waals surface area contributed by atoms with Crippen molar-refractivity contribution in [2.24, 2.45) is 5.92 Å². The van der Waals surface area contributed by atoms with Gasteiger partial charge < -0.3 is 5.32 Å². The van der Waals surface area contributed by atoms with Crippen molar-refractivity contribution in [3.05, 3.63) is 0 Å². The zero-order chi connectivity index (χ0) is 11.4. The van der Waals surface area contributed by atoms with E-state index >= 15 is 0 Å². The van der Waals surface area contributed by atoms with E-state index in [4.69, 9.17) is 0 Å². The molecule has 0 radical (unpaired) electrons. The van der Waals surface area contributed by atoms with Gasteiger partial charge in [-0.3, -0.25) is 4.90 Å². The minimum Gasteiger partial charge on any atom is -0.314 e. The molecule has 1 atom stereocenters. The summed E-state index contributed by atoms with van der Waals surface area (Å²) in [4.78, 5) is 1.71. The molecule has 0 spiro atoms. The fourth-order valence-corrected chi connectivity index (χ4v) is 1.33. The number of nitrogens with zero attached hydrogens (tertiary/aromatic N) is 1. The highest BCUT2D eigenvalue weighted by atomic mass is 19.3. The van der Waals surface area contributed by atoms with Gasteiger partial charge in [0, 0.05) is 6.04 Å². The van der Waals surface area contributed by atoms with Crippen molar-refractivity contribution in [2.45, 2.75) is 32.7 Å². The van der Waals surface area contributed by atoms with Gasteiger partial charge in [0.15, 0.2) is 0 Å². The third-order valence-electron chi connectivity index (χ3n) is 2.58. The van der Waals surface area contributed by atoms with Gasteiger partial charge in [-0.1, -0.05) is 13.8 Å². The van der Waals surface area contributed by atoms with Crippen molar-refractivity contribution < 1.29 is 8.78 Å². The van der Waals surface area contributed by atoms with Gasteiger partial charge in [-0.05, 0) is 26.9 Å². The molecule has 0 amide bonds. The summed E-state index contributed by atoms with van der Waals surface area (Å²) >= 11 is 0. The molecule has 0 rings (SSSR count). The minimum atomic E-state index is -2.65. The summed E-state index contributed by atoms with van der Waals surface area (Å²) in [5.74, 6) is -2.25. The van der Waals surface area contributed by atoms with Crippen LogP contribution in [0.25, 0.3) is 0 Å². The van der Waals surface area contributed by atoms with E-state index in [9.17, 15) is 8.78 Å². The van der Waals surface area contributed by atoms with Gasteiger partial charge in [0.25, 0.3) is 5.92 Å². The Bertz CT molecular complexity index is 160. The quantitative estimate of drug-likeness (QED) is 0.716. The molecule has 0 saturated heterocycles. The van der Waals surface area contributed by atoms with Crippen LogP contribution in [0.15, 0.2) is 0 Å². The Morgan fingerprint density at radius 3 is 2.14 bits per heavy atom. The highest BCUT2D eigenvalue weighted by molar-refractivity contribution is 4.76. The van der Waals surface area contributed by atoms with Crippen molar-refractivity contribution in [1.82, 2.24) is 10.2 Å². The lowest BCUT2D eigenvalue weighted by Gasteiger charge is -2.31. The van der Waals surface area contributed by atoms with Crippen LogP contribution in [0.5, 0.6) is 0 Å². The second-order valence-electron chi connectivity index (χ2n) is 4.29. The fourth-order valence-electron chi connectivity index (χ4n) is 1.33. The standard InChI is InChI=1S/C10H22F2N2/c1-8(2)9(3)14(5)7-10(11,12)6-13-4/h8-9,13H,6-7H2,1-5H3. The zero-order valence-electron chi connectivity index (χ0n) is 9.77. The molecule has 0 aliphatic heterocycles. The smallest absolute Gasteiger partial charge is 0.272 e. The first-order valence-electron chi connectivity index (χ1n) is 5.03.